The third-order valence-electron chi connectivity index (χ3n) is 4.23. The number of nitrogens with one attached hydrogen (secondary N) is 1. The van der Waals surface area contributed by atoms with Crippen molar-refractivity contribution in [3.63, 3.8) is 0 Å². The van der Waals surface area contributed by atoms with Crippen LogP contribution >= 0.6 is 11.6 Å². The number of carboxylic acid groups (broad SMARTS) is 1. The predicted molar refractivity (Wildman–Crippen MR) is 116 cm³/mol. The molecule has 0 atom stereocenters. The Hall–Kier alpha value is -3.71. The van der Waals surface area contributed by atoms with E-state index >= 15 is 0 Å². The lowest BCUT2D eigenvalue weighted by Crippen LogP contribution is -2.31. The second kappa shape index (κ2) is 9.67. The zero-order valence-corrected chi connectivity index (χ0v) is 16.5. The molecule has 0 radical (unpaired) electrons. The first-order chi connectivity index (χ1) is 14.4. The van der Waals surface area contributed by atoms with Crippen LogP contribution in [0.3, 0.4) is 0 Å². The van der Waals surface area contributed by atoms with Gasteiger partial charge in [0.15, 0.2) is 0 Å². The van der Waals surface area contributed by atoms with Gasteiger partial charge in [0.1, 0.15) is 0 Å². The number of nitrogens with zero attached hydrogens (tertiary/aromatic N) is 2. The molecule has 0 aliphatic heterocycles. The monoisotopic (exact) mass is 423 g/mol. The number of halogens is 1. The molecule has 0 saturated carbocycles. The Morgan fingerprint density at radius 3 is 2.40 bits per heavy atom. The summed E-state index contributed by atoms with van der Waals surface area (Å²) in [5.41, 5.74) is 1.06. The molecule has 152 valence electrons. The lowest BCUT2D eigenvalue weighted by Gasteiger charge is -2.11. The molecule has 0 aliphatic rings. The van der Waals surface area contributed by atoms with Gasteiger partial charge in [0.25, 0.3) is 5.91 Å². The lowest BCUT2D eigenvalue weighted by molar-refractivity contribution is -0.131. The Balaban J connectivity index is 1.62. The SMILES string of the molecule is O=C(CCC(=O)N(/N=C/c1ccc2ccccc2c1)C(=O)O)Nc1ccccc1Cl. The van der Waals surface area contributed by atoms with Crippen molar-refractivity contribution in [3.05, 3.63) is 77.3 Å². The average molecular weight is 424 g/mol. The van der Waals surface area contributed by atoms with Gasteiger partial charge in [-0.1, -0.05) is 60.1 Å². The number of anilines is 1. The second-order valence-corrected chi connectivity index (χ2v) is 6.77. The largest absolute Gasteiger partial charge is 0.463 e. The molecular weight excluding hydrogens is 406 g/mol. The first-order valence-electron chi connectivity index (χ1n) is 9.07. The summed E-state index contributed by atoms with van der Waals surface area (Å²) in [6, 6.07) is 19.8. The summed E-state index contributed by atoms with van der Waals surface area (Å²) in [6.45, 7) is 0. The number of hydrogen-bond acceptors (Lipinski definition) is 4. The van der Waals surface area contributed by atoms with Crippen LogP contribution in [0.2, 0.25) is 5.02 Å². The summed E-state index contributed by atoms with van der Waals surface area (Å²) in [5.74, 6) is -1.27. The van der Waals surface area contributed by atoms with Crippen molar-refractivity contribution in [2.45, 2.75) is 12.8 Å². The number of carbonyl (C=O) groups excluding carboxylic acids is 2. The third-order valence-corrected chi connectivity index (χ3v) is 4.56. The third kappa shape index (κ3) is 5.42. The van der Waals surface area contributed by atoms with Gasteiger partial charge in [-0.25, -0.2) is 4.79 Å². The van der Waals surface area contributed by atoms with Crippen molar-refractivity contribution in [2.75, 3.05) is 5.32 Å². The standard InChI is InChI=1S/C22H18ClN3O4/c23-18-7-3-4-8-19(18)25-20(27)11-12-21(28)26(22(29)30)24-14-15-9-10-16-5-1-2-6-17(16)13-15/h1-10,13-14H,11-12H2,(H,25,27)(H,29,30)/b24-14+. The number of imide groups is 1. The Bertz CT molecular complexity index is 1130. The molecule has 0 aromatic heterocycles. The number of hydrazone groups is 1. The smallest absolute Gasteiger partial charge is 0.435 e. The van der Waals surface area contributed by atoms with E-state index in [0.717, 1.165) is 10.8 Å². The quantitative estimate of drug-likeness (QED) is 0.441. The van der Waals surface area contributed by atoms with Crippen LogP contribution < -0.4 is 5.32 Å². The van der Waals surface area contributed by atoms with Gasteiger partial charge in [-0.3, -0.25) is 9.59 Å². The van der Waals surface area contributed by atoms with Crippen molar-refractivity contribution >= 4 is 52.2 Å². The van der Waals surface area contributed by atoms with E-state index < -0.39 is 17.9 Å². The first kappa shape index (κ1) is 21.0. The Labute approximate surface area is 177 Å². The molecule has 30 heavy (non-hydrogen) atoms. The molecule has 3 aromatic rings. The molecule has 0 spiro atoms. The zero-order chi connectivity index (χ0) is 21.5. The van der Waals surface area contributed by atoms with Gasteiger partial charge in [0, 0.05) is 12.8 Å². The number of para-hydroxylation sites is 1. The van der Waals surface area contributed by atoms with Crippen LogP contribution in [0.4, 0.5) is 10.5 Å². The number of amides is 3. The van der Waals surface area contributed by atoms with Gasteiger partial charge < -0.3 is 10.4 Å². The van der Waals surface area contributed by atoms with E-state index in [0.29, 0.717) is 21.3 Å². The minimum absolute atomic E-state index is 0.209. The Kier molecular flexibility index (Phi) is 6.77. The highest BCUT2D eigenvalue weighted by atomic mass is 35.5. The molecule has 7 nitrogen and oxygen atoms in total. The van der Waals surface area contributed by atoms with E-state index in [2.05, 4.69) is 10.4 Å². The van der Waals surface area contributed by atoms with E-state index in [1.165, 1.54) is 6.21 Å². The molecule has 2 N–H and O–H groups in total. The van der Waals surface area contributed by atoms with Crippen LogP contribution in [0, 0.1) is 0 Å². The molecule has 3 amide bonds. The number of rotatable bonds is 6. The highest BCUT2D eigenvalue weighted by Crippen LogP contribution is 2.20. The van der Waals surface area contributed by atoms with E-state index in [1.54, 1.807) is 30.3 Å². The number of hydrogen-bond donors (Lipinski definition) is 2. The van der Waals surface area contributed by atoms with Crippen molar-refractivity contribution < 1.29 is 19.5 Å². The number of carbonyl (C=O) groups is 3. The normalized spacial score (nSPS) is 10.8. The van der Waals surface area contributed by atoms with Crippen LogP contribution in [0.25, 0.3) is 10.8 Å². The average Bonchev–Trinajstić information content (AvgIpc) is 2.73. The minimum Gasteiger partial charge on any atom is -0.463 e. The van der Waals surface area contributed by atoms with Crippen LogP contribution in [-0.4, -0.2) is 34.2 Å². The van der Waals surface area contributed by atoms with Gasteiger partial charge in [-0.2, -0.15) is 5.10 Å². The Morgan fingerprint density at radius 1 is 0.967 bits per heavy atom. The van der Waals surface area contributed by atoms with E-state index in [9.17, 15) is 19.5 Å². The first-order valence-corrected chi connectivity index (χ1v) is 9.45. The molecule has 8 heteroatoms. The van der Waals surface area contributed by atoms with Gasteiger partial charge in [-0.15, -0.1) is 5.01 Å². The van der Waals surface area contributed by atoms with Crippen LogP contribution in [0.1, 0.15) is 18.4 Å². The van der Waals surface area contributed by atoms with Crippen molar-refractivity contribution in [2.24, 2.45) is 5.10 Å². The molecule has 3 aromatic carbocycles. The number of benzene rings is 3. The second-order valence-electron chi connectivity index (χ2n) is 6.37. The van der Waals surface area contributed by atoms with Crippen LogP contribution in [-0.2, 0) is 9.59 Å². The summed E-state index contributed by atoms with van der Waals surface area (Å²) in [4.78, 5) is 35.7. The fraction of sp³-hybridized carbons (Fsp3) is 0.0909. The molecule has 0 saturated heterocycles. The summed E-state index contributed by atoms with van der Waals surface area (Å²) in [5, 5.41) is 18.4. The molecule has 0 aliphatic carbocycles. The van der Waals surface area contributed by atoms with Crippen LogP contribution in [0.5, 0.6) is 0 Å². The molecular formula is C22H18ClN3O4. The predicted octanol–water partition coefficient (Wildman–Crippen LogP) is 4.75. The molecule has 0 bridgehead atoms. The maximum Gasteiger partial charge on any atom is 0.435 e. The van der Waals surface area contributed by atoms with E-state index in [1.807, 2.05) is 36.4 Å². The van der Waals surface area contributed by atoms with Gasteiger partial charge >= 0.3 is 6.09 Å². The highest BCUT2D eigenvalue weighted by Gasteiger charge is 2.20. The van der Waals surface area contributed by atoms with Gasteiger partial charge in [0.2, 0.25) is 5.91 Å². The van der Waals surface area contributed by atoms with E-state index in [-0.39, 0.29) is 12.8 Å². The highest BCUT2D eigenvalue weighted by molar-refractivity contribution is 6.33. The van der Waals surface area contributed by atoms with Gasteiger partial charge in [0.05, 0.1) is 16.9 Å². The summed E-state index contributed by atoms with van der Waals surface area (Å²) >= 11 is 5.97. The Morgan fingerprint density at radius 2 is 1.67 bits per heavy atom. The molecule has 0 fully saturated rings. The van der Waals surface area contributed by atoms with Crippen molar-refractivity contribution in [1.29, 1.82) is 0 Å². The summed E-state index contributed by atoms with van der Waals surface area (Å²) in [7, 11) is 0. The number of fused-ring (bicyclic) bond motifs is 1. The fourth-order valence-corrected chi connectivity index (χ4v) is 2.92. The van der Waals surface area contributed by atoms with Gasteiger partial charge in [-0.05, 0) is 34.5 Å². The summed E-state index contributed by atoms with van der Waals surface area (Å²) in [6.07, 6.45) is -0.761. The molecule has 0 heterocycles. The maximum absolute atomic E-state index is 12.3. The molecule has 0 unspecified atom stereocenters. The fourth-order valence-electron chi connectivity index (χ4n) is 2.73. The maximum atomic E-state index is 12.3. The summed E-state index contributed by atoms with van der Waals surface area (Å²) < 4.78 is 0. The van der Waals surface area contributed by atoms with E-state index in [4.69, 9.17) is 11.6 Å². The van der Waals surface area contributed by atoms with Crippen molar-refractivity contribution in [1.82, 2.24) is 5.01 Å². The van der Waals surface area contributed by atoms with Crippen molar-refractivity contribution in [3.8, 4) is 0 Å². The molecule has 3 rings (SSSR count). The van der Waals surface area contributed by atoms with Crippen LogP contribution in [0.15, 0.2) is 71.8 Å². The topological polar surface area (TPSA) is 99.1 Å². The lowest BCUT2D eigenvalue weighted by atomic mass is 10.1. The zero-order valence-electron chi connectivity index (χ0n) is 15.8. The minimum atomic E-state index is -1.52.